The van der Waals surface area contributed by atoms with E-state index in [-0.39, 0.29) is 17.9 Å². The first-order chi connectivity index (χ1) is 12.6. The van der Waals surface area contributed by atoms with Crippen molar-refractivity contribution in [3.8, 4) is 0 Å². The van der Waals surface area contributed by atoms with E-state index in [0.29, 0.717) is 12.2 Å². The lowest BCUT2D eigenvalue weighted by atomic mass is 10.0. The quantitative estimate of drug-likeness (QED) is 0.730. The summed E-state index contributed by atoms with van der Waals surface area (Å²) >= 11 is 0. The summed E-state index contributed by atoms with van der Waals surface area (Å²) in [6.45, 7) is 5.60. The van der Waals surface area contributed by atoms with Crippen LogP contribution < -0.4 is 0 Å². The van der Waals surface area contributed by atoms with E-state index < -0.39 is 0 Å². The number of hydrogen-bond acceptors (Lipinski definition) is 3. The summed E-state index contributed by atoms with van der Waals surface area (Å²) in [5, 5.41) is 4.51. The Morgan fingerprint density at radius 3 is 2.73 bits per heavy atom. The van der Waals surface area contributed by atoms with Crippen molar-refractivity contribution < 1.29 is 4.79 Å². The average Bonchev–Trinajstić information content (AvgIpc) is 3.27. The average molecular weight is 349 g/mol. The third kappa shape index (κ3) is 2.71. The van der Waals surface area contributed by atoms with Gasteiger partial charge in [0.25, 0.3) is 5.91 Å². The van der Waals surface area contributed by atoms with Crippen LogP contribution >= 0.6 is 0 Å². The van der Waals surface area contributed by atoms with E-state index in [1.54, 1.807) is 10.9 Å². The molecule has 3 aromatic heterocycles. The SMILES string of the molecule is CC(C)c1cc(C(=O)N2CCn3cccc3[C@H]2c2ccccn2)n(C)n1. The van der Waals surface area contributed by atoms with Gasteiger partial charge in [-0.15, -0.1) is 0 Å². The number of hydrogen-bond donors (Lipinski definition) is 0. The lowest BCUT2D eigenvalue weighted by Gasteiger charge is -2.36. The molecule has 6 heteroatoms. The first kappa shape index (κ1) is 16.6. The van der Waals surface area contributed by atoms with Crippen LogP contribution in [0.4, 0.5) is 0 Å². The summed E-state index contributed by atoms with van der Waals surface area (Å²) < 4.78 is 3.90. The minimum Gasteiger partial charge on any atom is -0.347 e. The van der Waals surface area contributed by atoms with Gasteiger partial charge < -0.3 is 9.47 Å². The smallest absolute Gasteiger partial charge is 0.273 e. The fraction of sp³-hybridized carbons (Fsp3) is 0.350. The molecule has 1 atom stereocenters. The van der Waals surface area contributed by atoms with Gasteiger partial charge in [0.05, 0.1) is 11.4 Å². The van der Waals surface area contributed by atoms with Crippen LogP contribution in [0.3, 0.4) is 0 Å². The largest absolute Gasteiger partial charge is 0.347 e. The molecule has 1 amide bonds. The van der Waals surface area contributed by atoms with Crippen molar-refractivity contribution in [2.75, 3.05) is 6.54 Å². The number of nitrogens with zero attached hydrogens (tertiary/aromatic N) is 5. The Bertz CT molecular complexity index is 925. The van der Waals surface area contributed by atoms with Gasteiger partial charge in [0.1, 0.15) is 11.7 Å². The zero-order valence-corrected chi connectivity index (χ0v) is 15.3. The molecule has 4 rings (SSSR count). The minimum absolute atomic E-state index is 0.00463. The molecule has 0 radical (unpaired) electrons. The summed E-state index contributed by atoms with van der Waals surface area (Å²) in [5.74, 6) is 0.280. The van der Waals surface area contributed by atoms with Crippen molar-refractivity contribution in [3.05, 3.63) is 71.6 Å². The van der Waals surface area contributed by atoms with Crippen LogP contribution in [0.25, 0.3) is 0 Å². The summed E-state index contributed by atoms with van der Waals surface area (Å²) in [7, 11) is 1.83. The lowest BCUT2D eigenvalue weighted by molar-refractivity contribution is 0.0649. The van der Waals surface area contributed by atoms with Crippen LogP contribution in [-0.4, -0.2) is 36.7 Å². The Labute approximate surface area is 153 Å². The van der Waals surface area contributed by atoms with E-state index in [2.05, 4.69) is 40.8 Å². The molecule has 134 valence electrons. The van der Waals surface area contributed by atoms with E-state index >= 15 is 0 Å². The van der Waals surface area contributed by atoms with Crippen LogP contribution in [-0.2, 0) is 13.6 Å². The molecular weight excluding hydrogens is 326 g/mol. The van der Waals surface area contributed by atoms with Crippen molar-refractivity contribution in [2.24, 2.45) is 7.05 Å². The Hall–Kier alpha value is -2.89. The van der Waals surface area contributed by atoms with Gasteiger partial charge in [0, 0.05) is 38.2 Å². The van der Waals surface area contributed by atoms with E-state index in [1.165, 1.54) is 0 Å². The molecule has 0 fully saturated rings. The number of carbonyl (C=O) groups excluding carboxylic acids is 1. The first-order valence-electron chi connectivity index (χ1n) is 8.97. The first-order valence-corrected chi connectivity index (χ1v) is 8.97. The molecule has 0 aromatic carbocycles. The maximum Gasteiger partial charge on any atom is 0.273 e. The number of amides is 1. The molecule has 0 unspecified atom stereocenters. The fourth-order valence-corrected chi connectivity index (χ4v) is 3.57. The Kier molecular flexibility index (Phi) is 4.11. The lowest BCUT2D eigenvalue weighted by Crippen LogP contribution is -2.43. The molecule has 1 aliphatic rings. The highest BCUT2D eigenvalue weighted by Gasteiger charge is 2.34. The van der Waals surface area contributed by atoms with Crippen molar-refractivity contribution in [2.45, 2.75) is 32.4 Å². The second-order valence-electron chi connectivity index (χ2n) is 7.01. The van der Waals surface area contributed by atoms with Crippen molar-refractivity contribution >= 4 is 5.91 Å². The van der Waals surface area contributed by atoms with Gasteiger partial charge in [0.2, 0.25) is 0 Å². The molecule has 0 aliphatic carbocycles. The maximum absolute atomic E-state index is 13.4. The minimum atomic E-state index is -0.190. The monoisotopic (exact) mass is 349 g/mol. The topological polar surface area (TPSA) is 56.0 Å². The summed E-state index contributed by atoms with van der Waals surface area (Å²) in [6.07, 6.45) is 3.84. The summed E-state index contributed by atoms with van der Waals surface area (Å²) in [6, 6.07) is 11.7. The van der Waals surface area contributed by atoms with Crippen LogP contribution in [0.2, 0.25) is 0 Å². The zero-order valence-electron chi connectivity index (χ0n) is 15.3. The van der Waals surface area contributed by atoms with Gasteiger partial charge in [-0.3, -0.25) is 14.5 Å². The third-order valence-corrected chi connectivity index (χ3v) is 4.98. The van der Waals surface area contributed by atoms with Crippen molar-refractivity contribution in [1.29, 1.82) is 0 Å². The summed E-state index contributed by atoms with van der Waals surface area (Å²) in [5.41, 5.74) is 3.53. The second kappa shape index (κ2) is 6.44. The predicted octanol–water partition coefficient (Wildman–Crippen LogP) is 2.99. The molecule has 3 aromatic rings. The molecule has 6 nitrogen and oxygen atoms in total. The molecule has 0 spiro atoms. The van der Waals surface area contributed by atoms with E-state index in [0.717, 1.165) is 23.6 Å². The maximum atomic E-state index is 13.4. The predicted molar refractivity (Wildman–Crippen MR) is 98.8 cm³/mol. The molecule has 1 aliphatic heterocycles. The number of rotatable bonds is 3. The number of pyridine rings is 1. The number of carbonyl (C=O) groups is 1. The molecule has 0 bridgehead atoms. The van der Waals surface area contributed by atoms with Gasteiger partial charge in [-0.05, 0) is 36.2 Å². The van der Waals surface area contributed by atoms with Crippen LogP contribution in [0.1, 0.15) is 53.4 Å². The second-order valence-corrected chi connectivity index (χ2v) is 7.01. The zero-order chi connectivity index (χ0) is 18.3. The van der Waals surface area contributed by atoms with Gasteiger partial charge in [-0.1, -0.05) is 19.9 Å². The molecule has 0 N–H and O–H groups in total. The highest BCUT2D eigenvalue weighted by Crippen LogP contribution is 2.32. The molecule has 0 saturated carbocycles. The summed E-state index contributed by atoms with van der Waals surface area (Å²) in [4.78, 5) is 19.8. The van der Waals surface area contributed by atoms with Gasteiger partial charge in [-0.25, -0.2) is 0 Å². The van der Waals surface area contributed by atoms with Gasteiger partial charge in [0.15, 0.2) is 0 Å². The number of fused-ring (bicyclic) bond motifs is 1. The Morgan fingerprint density at radius 1 is 1.19 bits per heavy atom. The number of aryl methyl sites for hydroxylation is 1. The van der Waals surface area contributed by atoms with Crippen LogP contribution in [0, 0.1) is 0 Å². The Balaban J connectivity index is 1.76. The fourth-order valence-electron chi connectivity index (χ4n) is 3.57. The van der Waals surface area contributed by atoms with Crippen molar-refractivity contribution in [1.82, 2.24) is 24.2 Å². The van der Waals surface area contributed by atoms with Crippen molar-refractivity contribution in [3.63, 3.8) is 0 Å². The number of aromatic nitrogens is 4. The Morgan fingerprint density at radius 2 is 2.04 bits per heavy atom. The standard InChI is InChI=1S/C20H23N5O/c1-14(2)16-13-18(23(3)22-16)20(26)25-12-11-24-10-6-8-17(24)19(25)15-7-4-5-9-21-15/h4-10,13-14,19H,11-12H2,1-3H3/t19-/m1/s1. The molecule has 0 saturated heterocycles. The van der Waals surface area contributed by atoms with E-state index in [1.807, 2.05) is 42.3 Å². The van der Waals surface area contributed by atoms with Gasteiger partial charge >= 0.3 is 0 Å². The molecule has 4 heterocycles. The normalized spacial score (nSPS) is 16.8. The van der Waals surface area contributed by atoms with E-state index in [4.69, 9.17) is 0 Å². The highest BCUT2D eigenvalue weighted by atomic mass is 16.2. The van der Waals surface area contributed by atoms with E-state index in [9.17, 15) is 4.79 Å². The third-order valence-electron chi connectivity index (χ3n) is 4.98. The highest BCUT2D eigenvalue weighted by molar-refractivity contribution is 5.93. The van der Waals surface area contributed by atoms with Crippen LogP contribution in [0.15, 0.2) is 48.8 Å². The molecule has 26 heavy (non-hydrogen) atoms. The molecular formula is C20H23N5O. The van der Waals surface area contributed by atoms with Gasteiger partial charge in [-0.2, -0.15) is 5.10 Å². The van der Waals surface area contributed by atoms with Crippen LogP contribution in [0.5, 0.6) is 0 Å².